The summed E-state index contributed by atoms with van der Waals surface area (Å²) in [6.45, 7) is 0. The Morgan fingerprint density at radius 3 is 2.14 bits per heavy atom. The minimum Gasteiger partial charge on any atom is -0.275 e. The van der Waals surface area contributed by atoms with Crippen LogP contribution in [-0.2, 0) is 10.0 Å². The predicted octanol–water partition coefficient (Wildman–Crippen LogP) is 4.43. The van der Waals surface area contributed by atoms with Crippen molar-refractivity contribution in [2.45, 2.75) is 4.90 Å². The lowest BCUT2D eigenvalue weighted by molar-refractivity contribution is 0.580. The van der Waals surface area contributed by atoms with Crippen LogP contribution in [0.25, 0.3) is 0 Å². The molecule has 0 spiro atoms. The lowest BCUT2D eigenvalue weighted by Gasteiger charge is -2.11. The lowest BCUT2D eigenvalue weighted by Crippen LogP contribution is -2.15. The molecule has 0 saturated heterocycles. The smallest absolute Gasteiger partial charge is 0.262 e. The van der Waals surface area contributed by atoms with E-state index in [1.807, 2.05) is 4.72 Å². The van der Waals surface area contributed by atoms with Crippen LogP contribution in [0, 0.1) is 17.5 Å². The monoisotopic (exact) mass is 443 g/mol. The van der Waals surface area contributed by atoms with E-state index in [4.69, 9.17) is 0 Å². The highest BCUT2D eigenvalue weighted by molar-refractivity contribution is 9.10. The summed E-state index contributed by atoms with van der Waals surface area (Å²) in [4.78, 5) is -0.390. The molecule has 0 aliphatic carbocycles. The van der Waals surface area contributed by atoms with Crippen LogP contribution in [0.1, 0.15) is 0 Å². The van der Waals surface area contributed by atoms with Crippen LogP contribution >= 0.6 is 31.9 Å². The molecule has 0 fully saturated rings. The number of halogens is 5. The fourth-order valence-corrected chi connectivity index (χ4v) is 3.46. The first-order valence-corrected chi connectivity index (χ1v) is 8.40. The Kier molecular flexibility index (Phi) is 4.64. The highest BCUT2D eigenvalue weighted by atomic mass is 79.9. The second kappa shape index (κ2) is 5.98. The van der Waals surface area contributed by atoms with Crippen LogP contribution < -0.4 is 4.72 Å². The molecular formula is C12H6Br2F3NO2S. The fourth-order valence-electron chi connectivity index (χ4n) is 1.48. The zero-order chi connectivity index (χ0) is 15.8. The van der Waals surface area contributed by atoms with E-state index < -0.39 is 33.2 Å². The Labute approximate surface area is 135 Å². The maximum Gasteiger partial charge on any atom is 0.262 e. The molecule has 0 saturated carbocycles. The number of nitrogens with one attached hydrogen (secondary N) is 1. The summed E-state index contributed by atoms with van der Waals surface area (Å²) >= 11 is 5.76. The molecule has 0 heterocycles. The molecule has 2 aromatic carbocycles. The van der Waals surface area contributed by atoms with Gasteiger partial charge in [-0.3, -0.25) is 4.72 Å². The summed E-state index contributed by atoms with van der Waals surface area (Å²) in [6, 6.07) is 4.57. The van der Waals surface area contributed by atoms with Crippen molar-refractivity contribution in [3.63, 3.8) is 0 Å². The van der Waals surface area contributed by atoms with Crippen molar-refractivity contribution in [3.05, 3.63) is 56.7 Å². The molecule has 3 nitrogen and oxygen atoms in total. The summed E-state index contributed by atoms with van der Waals surface area (Å²) in [5, 5.41) is 0. The minimum absolute atomic E-state index is 0.0931. The maximum absolute atomic E-state index is 13.6. The lowest BCUT2D eigenvalue weighted by atomic mass is 10.3. The highest BCUT2D eigenvalue weighted by Gasteiger charge is 2.20. The van der Waals surface area contributed by atoms with Gasteiger partial charge in [-0.05, 0) is 56.1 Å². The van der Waals surface area contributed by atoms with Crippen molar-refractivity contribution in [2.24, 2.45) is 0 Å². The molecule has 0 bridgehead atoms. The van der Waals surface area contributed by atoms with Gasteiger partial charge in [-0.25, -0.2) is 21.6 Å². The predicted molar refractivity (Wildman–Crippen MR) is 79.0 cm³/mol. The van der Waals surface area contributed by atoms with E-state index in [2.05, 4.69) is 31.9 Å². The van der Waals surface area contributed by atoms with Gasteiger partial charge in [0, 0.05) is 10.5 Å². The van der Waals surface area contributed by atoms with Crippen LogP contribution in [0.5, 0.6) is 0 Å². The zero-order valence-electron chi connectivity index (χ0n) is 10.0. The average molecular weight is 445 g/mol. The van der Waals surface area contributed by atoms with Gasteiger partial charge in [-0.1, -0.05) is 0 Å². The number of sulfonamides is 1. The van der Waals surface area contributed by atoms with Crippen LogP contribution in [-0.4, -0.2) is 8.42 Å². The molecule has 0 radical (unpaired) electrons. The van der Waals surface area contributed by atoms with E-state index in [-0.39, 0.29) is 13.8 Å². The van der Waals surface area contributed by atoms with Crippen molar-refractivity contribution >= 4 is 47.6 Å². The fraction of sp³-hybridized carbons (Fsp3) is 0. The summed E-state index contributed by atoms with van der Waals surface area (Å²) in [6.07, 6.45) is 0. The van der Waals surface area contributed by atoms with Crippen LogP contribution in [0.3, 0.4) is 0 Å². The van der Waals surface area contributed by atoms with Gasteiger partial charge in [0.1, 0.15) is 11.6 Å². The average Bonchev–Trinajstić information content (AvgIpc) is 2.37. The van der Waals surface area contributed by atoms with E-state index >= 15 is 0 Å². The normalized spacial score (nSPS) is 11.5. The van der Waals surface area contributed by atoms with E-state index in [0.29, 0.717) is 6.07 Å². The largest absolute Gasteiger partial charge is 0.275 e. The van der Waals surface area contributed by atoms with Crippen molar-refractivity contribution in [3.8, 4) is 0 Å². The quantitative estimate of drug-likeness (QED) is 0.761. The van der Waals surface area contributed by atoms with E-state index in [1.54, 1.807) is 0 Å². The van der Waals surface area contributed by atoms with Gasteiger partial charge in [0.2, 0.25) is 0 Å². The van der Waals surface area contributed by atoms with E-state index in [1.165, 1.54) is 6.07 Å². The number of benzene rings is 2. The number of rotatable bonds is 3. The molecule has 2 aromatic rings. The molecule has 9 heteroatoms. The second-order valence-electron chi connectivity index (χ2n) is 3.93. The third-order valence-electron chi connectivity index (χ3n) is 2.44. The molecule has 0 aromatic heterocycles. The Bertz CT molecular complexity index is 789. The van der Waals surface area contributed by atoms with Gasteiger partial charge in [-0.2, -0.15) is 0 Å². The third-order valence-corrected chi connectivity index (χ3v) is 5.06. The minimum atomic E-state index is -4.21. The Morgan fingerprint density at radius 2 is 1.57 bits per heavy atom. The first kappa shape index (κ1) is 16.3. The molecule has 0 atom stereocenters. The first-order valence-electron chi connectivity index (χ1n) is 5.33. The Morgan fingerprint density at radius 1 is 0.905 bits per heavy atom. The molecule has 21 heavy (non-hydrogen) atoms. The Balaban J connectivity index is 2.44. The maximum atomic E-state index is 13.6. The van der Waals surface area contributed by atoms with Crippen LogP contribution in [0.2, 0.25) is 0 Å². The van der Waals surface area contributed by atoms with Crippen molar-refractivity contribution in [1.82, 2.24) is 0 Å². The standard InChI is InChI=1S/C12H6Br2F3NO2S/c13-8-2-1-7(5-10(8)16)21(19,20)18-12-9(14)3-6(15)4-11(12)17/h1-5,18H. The molecular weight excluding hydrogens is 439 g/mol. The molecule has 2 rings (SSSR count). The number of hydrogen-bond acceptors (Lipinski definition) is 2. The van der Waals surface area contributed by atoms with E-state index in [0.717, 1.165) is 18.2 Å². The van der Waals surface area contributed by atoms with Crippen LogP contribution in [0.4, 0.5) is 18.9 Å². The highest BCUT2D eigenvalue weighted by Crippen LogP contribution is 2.29. The van der Waals surface area contributed by atoms with Gasteiger partial charge < -0.3 is 0 Å². The first-order chi connectivity index (χ1) is 9.70. The molecule has 112 valence electrons. The Hall–Kier alpha value is -1.06. The summed E-state index contributed by atoms with van der Waals surface area (Å²) in [5.74, 6) is -2.74. The number of hydrogen-bond donors (Lipinski definition) is 1. The van der Waals surface area contributed by atoms with Gasteiger partial charge in [0.05, 0.1) is 15.1 Å². The van der Waals surface area contributed by atoms with Crippen LogP contribution in [0.15, 0.2) is 44.2 Å². The van der Waals surface area contributed by atoms with Crippen molar-refractivity contribution in [1.29, 1.82) is 0 Å². The third kappa shape index (κ3) is 3.58. The van der Waals surface area contributed by atoms with E-state index in [9.17, 15) is 21.6 Å². The molecule has 1 N–H and O–H groups in total. The topological polar surface area (TPSA) is 46.2 Å². The number of anilines is 1. The van der Waals surface area contributed by atoms with Crippen molar-refractivity contribution < 1.29 is 21.6 Å². The summed E-state index contributed by atoms with van der Waals surface area (Å²) in [5.41, 5.74) is -0.459. The summed E-state index contributed by atoms with van der Waals surface area (Å²) in [7, 11) is -4.21. The zero-order valence-corrected chi connectivity index (χ0v) is 14.0. The van der Waals surface area contributed by atoms with Crippen molar-refractivity contribution in [2.75, 3.05) is 4.72 Å². The van der Waals surface area contributed by atoms with Gasteiger partial charge >= 0.3 is 0 Å². The SMILES string of the molecule is O=S(=O)(Nc1c(F)cc(F)cc1Br)c1ccc(Br)c(F)c1. The molecule has 0 aliphatic heterocycles. The van der Waals surface area contributed by atoms with Gasteiger partial charge in [0.15, 0.2) is 5.82 Å². The summed E-state index contributed by atoms with van der Waals surface area (Å²) < 4.78 is 66.1. The molecule has 0 unspecified atom stereocenters. The molecule has 0 amide bonds. The van der Waals surface area contributed by atoms with Gasteiger partial charge in [-0.15, -0.1) is 0 Å². The van der Waals surface area contributed by atoms with Gasteiger partial charge in [0.25, 0.3) is 10.0 Å². The molecule has 0 aliphatic rings. The second-order valence-corrected chi connectivity index (χ2v) is 7.32.